The Labute approximate surface area is 92.8 Å². The van der Waals surface area contributed by atoms with Gasteiger partial charge in [-0.15, -0.1) is 0 Å². The minimum atomic E-state index is -3.94. The first-order valence-electron chi connectivity index (χ1n) is 4.32. The van der Waals surface area contributed by atoms with E-state index >= 15 is 0 Å². The Morgan fingerprint density at radius 3 is 1.94 bits per heavy atom. The summed E-state index contributed by atoms with van der Waals surface area (Å²) in [7, 11) is 0. The van der Waals surface area contributed by atoms with Gasteiger partial charge in [-0.1, -0.05) is 0 Å². The van der Waals surface area contributed by atoms with E-state index in [-0.39, 0.29) is 6.08 Å². The van der Waals surface area contributed by atoms with Crippen molar-refractivity contribution in [3.05, 3.63) is 12.2 Å². The summed E-state index contributed by atoms with van der Waals surface area (Å²) in [5.41, 5.74) is -6.75. The monoisotopic (exact) mass is 248 g/mol. The van der Waals surface area contributed by atoms with Crippen LogP contribution in [0.3, 0.4) is 0 Å². The molecular weight excluding hydrogens is 240 g/mol. The Balaban J connectivity index is 2.77. The van der Waals surface area contributed by atoms with Crippen LogP contribution in [-0.2, 0) is 14.3 Å². The molecule has 0 bridgehead atoms. The van der Waals surface area contributed by atoms with Gasteiger partial charge in [-0.2, -0.15) is 0 Å². The number of cyclic esters (lactones) is 2. The van der Waals surface area contributed by atoms with Gasteiger partial charge in [-0.05, 0) is 12.2 Å². The molecule has 0 aromatic rings. The van der Waals surface area contributed by atoms with E-state index in [0.29, 0.717) is 6.08 Å². The van der Waals surface area contributed by atoms with Gasteiger partial charge in [0.15, 0.2) is 0 Å². The van der Waals surface area contributed by atoms with Gasteiger partial charge in [0.25, 0.3) is 11.4 Å². The van der Waals surface area contributed by atoms with Crippen molar-refractivity contribution in [2.45, 2.75) is 22.8 Å². The molecule has 6 N–H and O–H groups in total. The van der Waals surface area contributed by atoms with E-state index in [1.807, 2.05) is 0 Å². The summed E-state index contributed by atoms with van der Waals surface area (Å²) < 4.78 is 3.87. The molecule has 2 aliphatic rings. The highest BCUT2D eigenvalue weighted by atomic mass is 16.7. The van der Waals surface area contributed by atoms with Gasteiger partial charge < -0.3 is 35.4 Å². The van der Waals surface area contributed by atoms with E-state index in [9.17, 15) is 40.2 Å². The summed E-state index contributed by atoms with van der Waals surface area (Å²) in [6, 6.07) is 0. The quantitative estimate of drug-likeness (QED) is 0.107. The van der Waals surface area contributed by atoms with Crippen molar-refractivity contribution in [2.24, 2.45) is 0 Å². The molecule has 0 aromatic carbocycles. The highest BCUT2D eigenvalue weighted by Crippen LogP contribution is 2.47. The number of carbonyl (C=O) groups is 2. The first-order valence-corrected chi connectivity index (χ1v) is 4.32. The minimum Gasteiger partial charge on any atom is -0.388 e. The molecular formula is C8H8O9. The normalized spacial score (nSPS) is 42.2. The van der Waals surface area contributed by atoms with Crippen LogP contribution in [0, 0.1) is 0 Å². The van der Waals surface area contributed by atoms with E-state index in [0.717, 1.165) is 0 Å². The second kappa shape index (κ2) is 2.72. The van der Waals surface area contributed by atoms with Crippen LogP contribution in [0.2, 0.25) is 0 Å². The fourth-order valence-corrected chi connectivity index (χ4v) is 1.76. The molecule has 1 heterocycles. The molecule has 2 atom stereocenters. The van der Waals surface area contributed by atoms with Gasteiger partial charge in [0.1, 0.15) is 0 Å². The molecule has 17 heavy (non-hydrogen) atoms. The van der Waals surface area contributed by atoms with Crippen molar-refractivity contribution < 1.29 is 45.0 Å². The van der Waals surface area contributed by atoms with Crippen LogP contribution in [0.25, 0.3) is 0 Å². The molecule has 94 valence electrons. The average Bonchev–Trinajstić information content (AvgIpc) is 2.38. The van der Waals surface area contributed by atoms with Crippen LogP contribution in [0.5, 0.6) is 0 Å². The number of ether oxygens (including phenoxy) is 1. The molecule has 2 rings (SSSR count). The second-order valence-corrected chi connectivity index (χ2v) is 3.89. The highest BCUT2D eigenvalue weighted by molar-refractivity contribution is 6.08. The minimum absolute atomic E-state index is 0.237. The predicted molar refractivity (Wildman–Crippen MR) is 44.5 cm³/mol. The molecule has 0 saturated carbocycles. The fourth-order valence-electron chi connectivity index (χ4n) is 1.76. The number of aliphatic hydroxyl groups is 6. The number of carbonyl (C=O) groups excluding carboxylic acids is 2. The van der Waals surface area contributed by atoms with E-state index < -0.39 is 34.7 Å². The molecule has 1 aliphatic carbocycles. The van der Waals surface area contributed by atoms with E-state index in [1.165, 1.54) is 0 Å². The fraction of sp³-hybridized carbons (Fsp3) is 0.500. The predicted octanol–water partition coefficient (Wildman–Crippen LogP) is -4.54. The van der Waals surface area contributed by atoms with Crippen LogP contribution < -0.4 is 0 Å². The maximum absolute atomic E-state index is 11.2. The van der Waals surface area contributed by atoms with Gasteiger partial charge in [-0.3, -0.25) is 0 Å². The van der Waals surface area contributed by atoms with Crippen LogP contribution in [-0.4, -0.2) is 65.4 Å². The third kappa shape index (κ3) is 0.989. The lowest BCUT2D eigenvalue weighted by atomic mass is 9.70. The lowest BCUT2D eigenvalue weighted by Crippen LogP contribution is -2.78. The number of esters is 2. The molecule has 2 unspecified atom stereocenters. The Hall–Kier alpha value is -1.36. The van der Waals surface area contributed by atoms with Crippen LogP contribution >= 0.6 is 0 Å². The van der Waals surface area contributed by atoms with Gasteiger partial charge in [0.2, 0.25) is 11.4 Å². The zero-order valence-electron chi connectivity index (χ0n) is 8.06. The summed E-state index contributed by atoms with van der Waals surface area (Å²) in [6.45, 7) is 0. The first-order chi connectivity index (χ1) is 7.51. The number of hydrogen-bond donors (Lipinski definition) is 6. The molecule has 1 aliphatic heterocycles. The molecule has 9 heteroatoms. The smallest absolute Gasteiger partial charge is 0.356 e. The van der Waals surface area contributed by atoms with E-state index in [2.05, 4.69) is 4.74 Å². The maximum atomic E-state index is 11.2. The number of rotatable bonds is 0. The van der Waals surface area contributed by atoms with Crippen LogP contribution in [0.4, 0.5) is 0 Å². The Morgan fingerprint density at radius 1 is 0.882 bits per heavy atom. The molecule has 0 aromatic heterocycles. The van der Waals surface area contributed by atoms with Gasteiger partial charge in [-0.25, -0.2) is 9.59 Å². The Morgan fingerprint density at radius 2 is 1.41 bits per heavy atom. The van der Waals surface area contributed by atoms with Gasteiger partial charge in [0.05, 0.1) is 0 Å². The highest BCUT2D eigenvalue weighted by Gasteiger charge is 2.82. The zero-order chi connectivity index (χ0) is 13.3. The molecule has 1 saturated heterocycles. The summed E-state index contributed by atoms with van der Waals surface area (Å²) in [4.78, 5) is 22.4. The number of fused-ring (bicyclic) bond motifs is 1. The molecule has 0 radical (unpaired) electrons. The third-order valence-electron chi connectivity index (χ3n) is 2.92. The van der Waals surface area contributed by atoms with Crippen LogP contribution in [0.15, 0.2) is 12.2 Å². The Kier molecular flexibility index (Phi) is 1.94. The zero-order valence-corrected chi connectivity index (χ0v) is 8.06. The van der Waals surface area contributed by atoms with Crippen molar-refractivity contribution >= 4 is 11.9 Å². The van der Waals surface area contributed by atoms with Crippen molar-refractivity contribution in [1.29, 1.82) is 0 Å². The molecule has 1 fully saturated rings. The Bertz CT molecular complexity index is 450. The van der Waals surface area contributed by atoms with E-state index in [4.69, 9.17) is 0 Å². The van der Waals surface area contributed by atoms with Crippen LogP contribution in [0.1, 0.15) is 0 Å². The summed E-state index contributed by atoms with van der Waals surface area (Å²) >= 11 is 0. The summed E-state index contributed by atoms with van der Waals surface area (Å²) in [6.07, 6.45) is 0.576. The lowest BCUT2D eigenvalue weighted by Gasteiger charge is -2.46. The van der Waals surface area contributed by atoms with Crippen molar-refractivity contribution in [2.75, 3.05) is 0 Å². The lowest BCUT2D eigenvalue weighted by molar-refractivity contribution is -0.400. The van der Waals surface area contributed by atoms with Gasteiger partial charge >= 0.3 is 11.9 Å². The maximum Gasteiger partial charge on any atom is 0.356 e. The van der Waals surface area contributed by atoms with E-state index in [1.54, 1.807) is 0 Å². The van der Waals surface area contributed by atoms with Crippen molar-refractivity contribution in [3.8, 4) is 0 Å². The largest absolute Gasteiger partial charge is 0.388 e. The third-order valence-corrected chi connectivity index (χ3v) is 2.92. The molecule has 0 spiro atoms. The van der Waals surface area contributed by atoms with Crippen molar-refractivity contribution in [1.82, 2.24) is 0 Å². The number of hydrogen-bond acceptors (Lipinski definition) is 9. The SMILES string of the molecule is O=C1OC(=O)C2(O)C1(O)C=CC(O)(O)C2(O)O. The average molecular weight is 248 g/mol. The second-order valence-electron chi connectivity index (χ2n) is 3.89. The first kappa shape index (κ1) is 12.1. The molecule has 9 nitrogen and oxygen atoms in total. The summed E-state index contributed by atoms with van der Waals surface area (Å²) in [5, 5.41) is 56.7. The van der Waals surface area contributed by atoms with Crippen molar-refractivity contribution in [3.63, 3.8) is 0 Å². The topological polar surface area (TPSA) is 165 Å². The summed E-state index contributed by atoms with van der Waals surface area (Å²) in [5.74, 6) is -11.0. The van der Waals surface area contributed by atoms with Gasteiger partial charge in [0, 0.05) is 0 Å². The standard InChI is InChI=1S/C8H8O9/c9-3-5(11)1-2-6(12,13)8(15,16)7(5,14)4(10)17-3/h1-2,11-16H. The molecule has 0 amide bonds.